The summed E-state index contributed by atoms with van der Waals surface area (Å²) in [5.74, 6) is 4.60. The molecular formula is C12H22IN3O4. The second-order valence-corrected chi connectivity index (χ2v) is 6.16. The van der Waals surface area contributed by atoms with E-state index in [-0.39, 0.29) is 24.6 Å². The predicted octanol–water partition coefficient (Wildman–Crippen LogP) is 0.807. The number of halogens is 1. The number of nitrogens with two attached hydrogens (primary N) is 1. The summed E-state index contributed by atoms with van der Waals surface area (Å²) in [7, 11) is 0. The summed E-state index contributed by atoms with van der Waals surface area (Å²) in [4.78, 5) is 29.3. The summed E-state index contributed by atoms with van der Waals surface area (Å²) < 4.78 is 6.18. The van der Waals surface area contributed by atoms with Crippen LogP contribution >= 0.6 is 22.6 Å². The Morgan fingerprint density at radius 1 is 1.40 bits per heavy atom. The van der Waals surface area contributed by atoms with Crippen molar-refractivity contribution in [3.8, 4) is 0 Å². The smallest absolute Gasteiger partial charge is 0.410 e. The van der Waals surface area contributed by atoms with Crippen LogP contribution < -0.4 is 11.2 Å². The van der Waals surface area contributed by atoms with Crippen molar-refractivity contribution < 1.29 is 19.2 Å². The molecule has 0 aliphatic carbocycles. The molecule has 8 heteroatoms. The minimum atomic E-state index is -0.457. The summed E-state index contributed by atoms with van der Waals surface area (Å²) in [6.45, 7) is 4.77. The van der Waals surface area contributed by atoms with Crippen LogP contribution in [0, 0.1) is 0 Å². The lowest BCUT2D eigenvalue weighted by molar-refractivity contribution is -0.126. The fourth-order valence-electron chi connectivity index (χ4n) is 1.88. The number of piperidine rings is 1. The zero-order valence-corrected chi connectivity index (χ0v) is 14.0. The van der Waals surface area contributed by atoms with Crippen molar-refractivity contribution in [3.63, 3.8) is 0 Å². The summed E-state index contributed by atoms with van der Waals surface area (Å²) >= 11 is 2.19. The van der Waals surface area contributed by atoms with Crippen LogP contribution in [0.15, 0.2) is 0 Å². The fraction of sp³-hybridized carbons (Fsp3) is 0.833. The van der Waals surface area contributed by atoms with E-state index >= 15 is 0 Å². The number of nitrogens with zero attached hydrogens (tertiary/aromatic N) is 1. The molecule has 20 heavy (non-hydrogen) atoms. The molecule has 1 fully saturated rings. The molecular weight excluding hydrogens is 377 g/mol. The van der Waals surface area contributed by atoms with Crippen LogP contribution in [0.2, 0.25) is 0 Å². The third kappa shape index (κ3) is 5.80. The number of alkyl halides is 1. The van der Waals surface area contributed by atoms with E-state index < -0.39 is 5.60 Å². The van der Waals surface area contributed by atoms with Crippen molar-refractivity contribution >= 4 is 34.6 Å². The van der Waals surface area contributed by atoms with Crippen molar-refractivity contribution in [2.75, 3.05) is 24.1 Å². The van der Waals surface area contributed by atoms with Gasteiger partial charge in [-0.05, 0) is 26.7 Å². The minimum absolute atomic E-state index is 0.0549. The molecule has 1 rings (SSSR count). The minimum Gasteiger partial charge on any atom is -0.443 e. The lowest BCUT2D eigenvalue weighted by atomic mass is 10.1. The number of carbonyl (C=O) groups is 2. The zero-order valence-electron chi connectivity index (χ0n) is 11.9. The molecule has 0 spiro atoms. The first-order valence-electron chi connectivity index (χ1n) is 6.53. The highest BCUT2D eigenvalue weighted by Gasteiger charge is 2.28. The van der Waals surface area contributed by atoms with Crippen LogP contribution in [-0.4, -0.2) is 52.7 Å². The largest absolute Gasteiger partial charge is 0.443 e. The highest BCUT2D eigenvalue weighted by Crippen LogP contribution is 2.17. The molecule has 0 radical (unpaired) electrons. The molecule has 1 aliphatic heterocycles. The van der Waals surface area contributed by atoms with Gasteiger partial charge < -0.3 is 15.0 Å². The molecule has 116 valence electrons. The topological polar surface area (TPSA) is 93.9 Å². The van der Waals surface area contributed by atoms with Crippen LogP contribution in [0.4, 0.5) is 4.79 Å². The van der Waals surface area contributed by atoms with Gasteiger partial charge in [-0.2, -0.15) is 0 Å². The van der Waals surface area contributed by atoms with E-state index in [1.54, 1.807) is 4.90 Å². The van der Waals surface area contributed by atoms with Crippen LogP contribution in [0.1, 0.15) is 26.7 Å². The van der Waals surface area contributed by atoms with E-state index in [4.69, 9.17) is 10.6 Å². The van der Waals surface area contributed by atoms with Gasteiger partial charge >= 0.3 is 6.09 Å². The number of hydrogen-bond donors (Lipinski definition) is 2. The fourth-order valence-corrected chi connectivity index (χ4v) is 2.04. The van der Waals surface area contributed by atoms with Gasteiger partial charge in [-0.15, -0.1) is 0 Å². The molecule has 1 aliphatic rings. The Morgan fingerprint density at radius 3 is 2.50 bits per heavy atom. The Bertz CT molecular complexity index is 344. The van der Waals surface area contributed by atoms with Crippen LogP contribution in [0.3, 0.4) is 0 Å². The number of rotatable bonds is 5. The molecule has 1 heterocycles. The number of likely N-dealkylation sites (tertiary alicyclic amines) is 1. The van der Waals surface area contributed by atoms with E-state index in [2.05, 4.69) is 32.7 Å². The third-order valence-electron chi connectivity index (χ3n) is 3.02. The van der Waals surface area contributed by atoms with E-state index in [1.165, 1.54) is 0 Å². The first-order chi connectivity index (χ1) is 9.38. The second-order valence-electron chi connectivity index (χ2n) is 5.40. The highest BCUT2D eigenvalue weighted by molar-refractivity contribution is 14.1. The third-order valence-corrected chi connectivity index (χ3v) is 4.86. The Hall–Kier alpha value is -0.610. The number of amides is 2. The van der Waals surface area contributed by atoms with Crippen molar-refractivity contribution in [2.45, 2.75) is 38.3 Å². The van der Waals surface area contributed by atoms with Gasteiger partial charge in [0.05, 0.1) is 0 Å². The Balaban J connectivity index is 2.35. The molecule has 3 N–H and O–H groups in total. The predicted molar refractivity (Wildman–Crippen MR) is 82.3 cm³/mol. The van der Waals surface area contributed by atoms with Crippen molar-refractivity contribution in [1.29, 1.82) is 0 Å². The molecule has 2 amide bonds. The van der Waals surface area contributed by atoms with Crippen molar-refractivity contribution in [3.05, 3.63) is 0 Å². The van der Waals surface area contributed by atoms with Crippen molar-refractivity contribution in [2.24, 2.45) is 5.90 Å². The molecule has 0 bridgehead atoms. The molecule has 0 unspecified atom stereocenters. The monoisotopic (exact) mass is 399 g/mol. The van der Waals surface area contributed by atoms with Gasteiger partial charge in [0.2, 0.25) is 5.91 Å². The Morgan fingerprint density at radius 2 is 2.00 bits per heavy atom. The lowest BCUT2D eigenvalue weighted by Crippen LogP contribution is -2.48. The van der Waals surface area contributed by atoms with Crippen molar-refractivity contribution in [1.82, 2.24) is 10.2 Å². The van der Waals surface area contributed by atoms with Gasteiger partial charge in [0, 0.05) is 23.6 Å². The normalized spacial score (nSPS) is 16.9. The van der Waals surface area contributed by atoms with Gasteiger partial charge in [-0.3, -0.25) is 9.63 Å². The average molecular weight is 399 g/mol. The summed E-state index contributed by atoms with van der Waals surface area (Å²) in [6.07, 6.45) is 1.12. The highest BCUT2D eigenvalue weighted by atomic mass is 127. The van der Waals surface area contributed by atoms with E-state index in [1.807, 2.05) is 13.8 Å². The SMILES string of the molecule is CC(C)(CI)OC(=O)N1CCC(NC(=O)CON)CC1. The number of hydrogen-bond acceptors (Lipinski definition) is 5. The molecule has 7 nitrogen and oxygen atoms in total. The first kappa shape index (κ1) is 17.4. The van der Waals surface area contributed by atoms with Crippen LogP contribution in [0.25, 0.3) is 0 Å². The maximum absolute atomic E-state index is 12.0. The van der Waals surface area contributed by atoms with E-state index in [0.717, 1.165) is 4.43 Å². The molecule has 0 atom stereocenters. The maximum atomic E-state index is 12.0. The van der Waals surface area contributed by atoms with E-state index in [0.29, 0.717) is 25.9 Å². The lowest BCUT2D eigenvalue weighted by Gasteiger charge is -2.34. The average Bonchev–Trinajstić information content (AvgIpc) is 2.39. The van der Waals surface area contributed by atoms with E-state index in [9.17, 15) is 9.59 Å². The van der Waals surface area contributed by atoms with Gasteiger partial charge in [-0.25, -0.2) is 10.7 Å². The molecule has 0 aromatic heterocycles. The van der Waals surface area contributed by atoms with Crippen LogP contribution in [0.5, 0.6) is 0 Å². The molecule has 0 aromatic carbocycles. The number of ether oxygens (including phenoxy) is 1. The number of nitrogens with one attached hydrogen (secondary N) is 1. The Kier molecular flexibility index (Phi) is 6.96. The van der Waals surface area contributed by atoms with Crippen LogP contribution in [-0.2, 0) is 14.4 Å². The van der Waals surface area contributed by atoms with Gasteiger partial charge in [0.1, 0.15) is 12.2 Å². The van der Waals surface area contributed by atoms with Gasteiger partial charge in [0.25, 0.3) is 0 Å². The molecule has 0 aromatic rings. The molecule has 0 saturated carbocycles. The first-order valence-corrected chi connectivity index (χ1v) is 8.05. The standard InChI is InChI=1S/C12H22IN3O4/c1-12(2,8-13)20-11(18)16-5-3-9(4-6-16)15-10(17)7-19-14/h9H,3-8,14H2,1-2H3,(H,15,17). The molecule has 1 saturated heterocycles. The van der Waals surface area contributed by atoms with Gasteiger partial charge in [0.15, 0.2) is 0 Å². The van der Waals surface area contributed by atoms with Gasteiger partial charge in [-0.1, -0.05) is 22.6 Å². The zero-order chi connectivity index (χ0) is 15.2. The second kappa shape index (κ2) is 7.99. The summed E-state index contributed by atoms with van der Waals surface area (Å²) in [5, 5.41) is 2.81. The summed E-state index contributed by atoms with van der Waals surface area (Å²) in [5.41, 5.74) is -0.457. The maximum Gasteiger partial charge on any atom is 0.410 e. The quantitative estimate of drug-likeness (QED) is 0.406. The Labute approximate surface area is 132 Å². The summed E-state index contributed by atoms with van der Waals surface area (Å²) in [6, 6.07) is 0.0549. The number of carbonyl (C=O) groups excluding carboxylic acids is 2.